The molecular formula is C21H19BrFN5O2. The van der Waals surface area contributed by atoms with E-state index in [9.17, 15) is 14.0 Å². The quantitative estimate of drug-likeness (QED) is 0.530. The molecule has 154 valence electrons. The van der Waals surface area contributed by atoms with Crippen molar-refractivity contribution >= 4 is 38.9 Å². The van der Waals surface area contributed by atoms with Crippen molar-refractivity contribution in [1.29, 1.82) is 0 Å². The van der Waals surface area contributed by atoms with Crippen LogP contribution in [0.1, 0.15) is 18.4 Å². The lowest BCUT2D eigenvalue weighted by atomic mass is 10.0. The standard InChI is InChI=1S/C21H19BrFN5O2/c1-26-18(29)11-27(21(26)30)10-14-5-4-13(8-16(14)23)15-6-7-17-20(19(15)22)24-25-28(17)9-12-2-3-12/h4-8,12H,2-3,9-11H2,1H3. The molecule has 3 aromatic rings. The Labute approximate surface area is 180 Å². The van der Waals surface area contributed by atoms with Crippen molar-refractivity contribution < 1.29 is 14.0 Å². The summed E-state index contributed by atoms with van der Waals surface area (Å²) in [5.41, 5.74) is 3.59. The molecule has 0 unspecified atom stereocenters. The molecule has 5 rings (SSSR count). The Bertz CT molecular complexity index is 1190. The Hall–Kier alpha value is -2.81. The summed E-state index contributed by atoms with van der Waals surface area (Å²) < 4.78 is 17.5. The minimum absolute atomic E-state index is 0.0325. The van der Waals surface area contributed by atoms with Gasteiger partial charge in [0.05, 0.1) is 16.5 Å². The number of rotatable bonds is 5. The second kappa shape index (κ2) is 7.16. The Balaban J connectivity index is 1.42. The molecular weight excluding hydrogens is 453 g/mol. The van der Waals surface area contributed by atoms with E-state index >= 15 is 0 Å². The van der Waals surface area contributed by atoms with Crippen molar-refractivity contribution in [3.63, 3.8) is 0 Å². The zero-order valence-electron chi connectivity index (χ0n) is 16.3. The number of aromatic nitrogens is 3. The van der Waals surface area contributed by atoms with Crippen LogP contribution in [0.15, 0.2) is 34.8 Å². The van der Waals surface area contributed by atoms with Gasteiger partial charge in [-0.05, 0) is 57.9 Å². The summed E-state index contributed by atoms with van der Waals surface area (Å²) in [5.74, 6) is -0.0248. The second-order valence-corrected chi connectivity index (χ2v) is 8.70. The third-order valence-electron chi connectivity index (χ3n) is 5.74. The molecule has 9 heteroatoms. The molecule has 0 atom stereocenters. The number of likely N-dealkylation sites (N-methyl/N-ethyl adjacent to an activating group) is 1. The van der Waals surface area contributed by atoms with Crippen molar-refractivity contribution in [3.05, 3.63) is 46.2 Å². The van der Waals surface area contributed by atoms with Gasteiger partial charge in [-0.1, -0.05) is 23.4 Å². The first kappa shape index (κ1) is 19.2. The molecule has 2 heterocycles. The molecule has 1 saturated heterocycles. The number of urea groups is 1. The molecule has 0 spiro atoms. The number of hydrogen-bond donors (Lipinski definition) is 0. The Morgan fingerprint density at radius 1 is 1.20 bits per heavy atom. The maximum Gasteiger partial charge on any atom is 0.327 e. The Morgan fingerprint density at radius 3 is 2.67 bits per heavy atom. The maximum absolute atomic E-state index is 14.8. The fourth-order valence-electron chi connectivity index (χ4n) is 3.74. The molecule has 2 aromatic carbocycles. The minimum atomic E-state index is -0.424. The highest BCUT2D eigenvalue weighted by Crippen LogP contribution is 2.36. The monoisotopic (exact) mass is 471 g/mol. The Kier molecular flexibility index (Phi) is 4.57. The molecule has 0 radical (unpaired) electrons. The highest BCUT2D eigenvalue weighted by atomic mass is 79.9. The molecule has 1 aromatic heterocycles. The molecule has 2 fully saturated rings. The van der Waals surface area contributed by atoms with Crippen LogP contribution < -0.4 is 0 Å². The number of nitrogens with zero attached hydrogens (tertiary/aromatic N) is 5. The average molecular weight is 472 g/mol. The summed E-state index contributed by atoms with van der Waals surface area (Å²) in [6, 6.07) is 8.40. The number of benzene rings is 2. The van der Waals surface area contributed by atoms with Crippen LogP contribution in [0, 0.1) is 11.7 Å². The van der Waals surface area contributed by atoms with Gasteiger partial charge in [0.15, 0.2) is 0 Å². The van der Waals surface area contributed by atoms with E-state index < -0.39 is 11.8 Å². The number of halogens is 2. The van der Waals surface area contributed by atoms with Gasteiger partial charge >= 0.3 is 6.03 Å². The van der Waals surface area contributed by atoms with Crippen molar-refractivity contribution in [2.45, 2.75) is 25.9 Å². The van der Waals surface area contributed by atoms with Crippen LogP contribution in [0.3, 0.4) is 0 Å². The molecule has 30 heavy (non-hydrogen) atoms. The summed E-state index contributed by atoms with van der Waals surface area (Å²) in [4.78, 5) is 26.1. The summed E-state index contributed by atoms with van der Waals surface area (Å²) in [6.07, 6.45) is 2.47. The molecule has 0 bridgehead atoms. The lowest BCUT2D eigenvalue weighted by molar-refractivity contribution is -0.124. The van der Waals surface area contributed by atoms with Crippen LogP contribution >= 0.6 is 15.9 Å². The fourth-order valence-corrected chi connectivity index (χ4v) is 4.38. The summed E-state index contributed by atoms with van der Waals surface area (Å²) in [7, 11) is 1.43. The van der Waals surface area contributed by atoms with Gasteiger partial charge in [0, 0.05) is 19.2 Å². The third kappa shape index (κ3) is 3.27. The van der Waals surface area contributed by atoms with E-state index in [1.165, 1.54) is 30.9 Å². The topological polar surface area (TPSA) is 71.3 Å². The van der Waals surface area contributed by atoms with Crippen molar-refractivity contribution in [3.8, 4) is 11.1 Å². The van der Waals surface area contributed by atoms with Gasteiger partial charge in [0.2, 0.25) is 5.91 Å². The van der Waals surface area contributed by atoms with Crippen LogP contribution in [-0.4, -0.2) is 50.3 Å². The van der Waals surface area contributed by atoms with Gasteiger partial charge in [-0.25, -0.2) is 13.9 Å². The normalized spacial score (nSPS) is 16.9. The fraction of sp³-hybridized carbons (Fsp3) is 0.333. The lowest BCUT2D eigenvalue weighted by Crippen LogP contribution is -2.29. The second-order valence-electron chi connectivity index (χ2n) is 7.91. The molecule has 3 amide bonds. The number of carbonyl (C=O) groups excluding carboxylic acids is 2. The molecule has 1 aliphatic heterocycles. The summed E-state index contributed by atoms with van der Waals surface area (Å²) in [5, 5.41) is 8.58. The highest BCUT2D eigenvalue weighted by Gasteiger charge is 2.33. The first-order valence-corrected chi connectivity index (χ1v) is 10.6. The molecule has 1 saturated carbocycles. The largest absolute Gasteiger partial charge is 0.327 e. The summed E-state index contributed by atoms with van der Waals surface area (Å²) in [6.45, 7) is 0.893. The van der Waals surface area contributed by atoms with Crippen molar-refractivity contribution in [2.24, 2.45) is 5.92 Å². The van der Waals surface area contributed by atoms with Gasteiger partial charge < -0.3 is 4.90 Å². The predicted octanol–water partition coefficient (Wildman–Crippen LogP) is 3.80. The first-order chi connectivity index (χ1) is 14.4. The van der Waals surface area contributed by atoms with Gasteiger partial charge in [-0.15, -0.1) is 5.10 Å². The lowest BCUT2D eigenvalue weighted by Gasteiger charge is -2.16. The van der Waals surface area contributed by atoms with Gasteiger partial charge in [-0.2, -0.15) is 0 Å². The van der Waals surface area contributed by atoms with E-state index in [2.05, 4.69) is 26.2 Å². The van der Waals surface area contributed by atoms with Crippen LogP contribution in [0.5, 0.6) is 0 Å². The van der Waals surface area contributed by atoms with Gasteiger partial charge in [0.1, 0.15) is 17.9 Å². The van der Waals surface area contributed by atoms with E-state index in [0.717, 1.165) is 32.5 Å². The number of hydrogen-bond acceptors (Lipinski definition) is 4. The van der Waals surface area contributed by atoms with Crippen molar-refractivity contribution in [1.82, 2.24) is 24.8 Å². The van der Waals surface area contributed by atoms with Crippen LogP contribution in [0.25, 0.3) is 22.2 Å². The van der Waals surface area contributed by atoms with Gasteiger partial charge in [0.25, 0.3) is 0 Å². The van der Waals surface area contributed by atoms with E-state index in [1.807, 2.05) is 22.9 Å². The highest BCUT2D eigenvalue weighted by molar-refractivity contribution is 9.10. The smallest absolute Gasteiger partial charge is 0.311 e. The molecule has 2 aliphatic rings. The van der Waals surface area contributed by atoms with E-state index in [4.69, 9.17) is 0 Å². The predicted molar refractivity (Wildman–Crippen MR) is 112 cm³/mol. The number of imide groups is 1. The van der Waals surface area contributed by atoms with Gasteiger partial charge in [-0.3, -0.25) is 9.69 Å². The van der Waals surface area contributed by atoms with Crippen LogP contribution in [0.4, 0.5) is 9.18 Å². The summed E-state index contributed by atoms with van der Waals surface area (Å²) >= 11 is 3.61. The Morgan fingerprint density at radius 2 is 2.00 bits per heavy atom. The SMILES string of the molecule is CN1C(=O)CN(Cc2ccc(-c3ccc4c(nnn4CC4CC4)c3Br)cc2F)C1=O. The average Bonchev–Trinajstić information content (AvgIpc) is 3.40. The van der Waals surface area contributed by atoms with Crippen molar-refractivity contribution in [2.75, 3.05) is 13.6 Å². The maximum atomic E-state index is 14.8. The zero-order chi connectivity index (χ0) is 21.0. The number of carbonyl (C=O) groups is 2. The molecule has 0 N–H and O–H groups in total. The molecule has 1 aliphatic carbocycles. The number of fused-ring (bicyclic) bond motifs is 1. The number of amides is 3. The van der Waals surface area contributed by atoms with Crippen LogP contribution in [-0.2, 0) is 17.9 Å². The first-order valence-electron chi connectivity index (χ1n) is 9.78. The van der Waals surface area contributed by atoms with E-state index in [1.54, 1.807) is 6.07 Å². The minimum Gasteiger partial charge on any atom is -0.311 e. The third-order valence-corrected chi connectivity index (χ3v) is 6.54. The van der Waals surface area contributed by atoms with Crippen LogP contribution in [0.2, 0.25) is 0 Å². The van der Waals surface area contributed by atoms with E-state index in [-0.39, 0.29) is 19.0 Å². The zero-order valence-corrected chi connectivity index (χ0v) is 17.9. The van der Waals surface area contributed by atoms with E-state index in [0.29, 0.717) is 17.0 Å². The molecule has 7 nitrogen and oxygen atoms in total.